The molecule has 0 aliphatic carbocycles. The summed E-state index contributed by atoms with van der Waals surface area (Å²) in [5, 5.41) is 3.20. The summed E-state index contributed by atoms with van der Waals surface area (Å²) in [6.45, 7) is 5.99. The molecule has 0 aromatic heterocycles. The van der Waals surface area contributed by atoms with Gasteiger partial charge in [0.25, 0.3) is 0 Å². The monoisotopic (exact) mass is 249 g/mol. The van der Waals surface area contributed by atoms with Gasteiger partial charge >= 0.3 is 5.97 Å². The lowest BCUT2D eigenvalue weighted by atomic mass is 10.1. The molecule has 0 spiro atoms. The average molecular weight is 249 g/mol. The van der Waals surface area contributed by atoms with Crippen LogP contribution in [-0.2, 0) is 4.74 Å². The van der Waals surface area contributed by atoms with E-state index in [1.807, 2.05) is 12.1 Å². The normalized spacial score (nSPS) is 13.5. The predicted octanol–water partition coefficient (Wildman–Crippen LogP) is 2.69. The van der Waals surface area contributed by atoms with Crippen molar-refractivity contribution < 1.29 is 14.3 Å². The molecule has 4 heteroatoms. The second-order valence-electron chi connectivity index (χ2n) is 4.78. The molecule has 4 nitrogen and oxygen atoms in total. The number of hydrogen-bond donors (Lipinski definition) is 1. The standard InChI is InChI=1S/C14H19NO3/c1-10(2)6-8-18-14(16)11-4-3-5-12-13(11)17-9-7-15-12/h3-5,10,15H,6-9H2,1-2H3. The van der Waals surface area contributed by atoms with Crippen LogP contribution in [0.2, 0.25) is 0 Å². The molecule has 0 saturated heterocycles. The maximum atomic E-state index is 12.0. The van der Waals surface area contributed by atoms with E-state index in [9.17, 15) is 4.79 Å². The highest BCUT2D eigenvalue weighted by Gasteiger charge is 2.19. The summed E-state index contributed by atoms with van der Waals surface area (Å²) in [6, 6.07) is 5.47. The van der Waals surface area contributed by atoms with E-state index < -0.39 is 0 Å². The van der Waals surface area contributed by atoms with Crippen LogP contribution in [0.1, 0.15) is 30.6 Å². The molecule has 0 unspecified atom stereocenters. The van der Waals surface area contributed by atoms with Crippen LogP contribution < -0.4 is 10.1 Å². The molecule has 1 aliphatic heterocycles. The zero-order valence-corrected chi connectivity index (χ0v) is 10.9. The molecule has 0 fully saturated rings. The van der Waals surface area contributed by atoms with Crippen molar-refractivity contribution in [2.45, 2.75) is 20.3 Å². The van der Waals surface area contributed by atoms with Crippen molar-refractivity contribution in [1.82, 2.24) is 0 Å². The minimum atomic E-state index is -0.309. The van der Waals surface area contributed by atoms with Gasteiger partial charge in [-0.05, 0) is 24.5 Å². The van der Waals surface area contributed by atoms with E-state index in [1.165, 1.54) is 0 Å². The third-order valence-electron chi connectivity index (χ3n) is 2.83. The van der Waals surface area contributed by atoms with Gasteiger partial charge in [0.2, 0.25) is 0 Å². The Morgan fingerprint density at radius 2 is 2.33 bits per heavy atom. The molecule has 1 N–H and O–H groups in total. The molecule has 1 aliphatic rings. The van der Waals surface area contributed by atoms with E-state index in [0.717, 1.165) is 18.7 Å². The van der Waals surface area contributed by atoms with Crippen molar-refractivity contribution in [3.8, 4) is 5.75 Å². The van der Waals surface area contributed by atoms with Crippen LogP contribution in [0.15, 0.2) is 18.2 Å². The number of benzene rings is 1. The molecule has 98 valence electrons. The highest BCUT2D eigenvalue weighted by atomic mass is 16.5. The van der Waals surface area contributed by atoms with Gasteiger partial charge in [-0.3, -0.25) is 0 Å². The van der Waals surface area contributed by atoms with E-state index in [1.54, 1.807) is 6.07 Å². The SMILES string of the molecule is CC(C)CCOC(=O)c1cccc2c1OCCN2. The Morgan fingerprint density at radius 1 is 1.50 bits per heavy atom. The largest absolute Gasteiger partial charge is 0.489 e. The molecular weight excluding hydrogens is 230 g/mol. The zero-order chi connectivity index (χ0) is 13.0. The van der Waals surface area contributed by atoms with E-state index in [0.29, 0.717) is 30.4 Å². The predicted molar refractivity (Wildman–Crippen MR) is 70.2 cm³/mol. The van der Waals surface area contributed by atoms with Crippen LogP contribution >= 0.6 is 0 Å². The van der Waals surface area contributed by atoms with Gasteiger partial charge in [0.05, 0.1) is 12.3 Å². The van der Waals surface area contributed by atoms with Crippen molar-refractivity contribution >= 4 is 11.7 Å². The second kappa shape index (κ2) is 5.76. The fourth-order valence-electron chi connectivity index (χ4n) is 1.80. The van der Waals surface area contributed by atoms with Crippen LogP contribution in [0.25, 0.3) is 0 Å². The van der Waals surface area contributed by atoms with E-state index in [2.05, 4.69) is 19.2 Å². The van der Waals surface area contributed by atoms with Crippen LogP contribution in [0, 0.1) is 5.92 Å². The summed E-state index contributed by atoms with van der Waals surface area (Å²) in [5.74, 6) is 0.829. The molecule has 0 atom stereocenters. The van der Waals surface area contributed by atoms with Crippen molar-refractivity contribution in [1.29, 1.82) is 0 Å². The molecule has 0 amide bonds. The molecule has 0 saturated carbocycles. The first-order valence-electron chi connectivity index (χ1n) is 6.35. The van der Waals surface area contributed by atoms with E-state index in [4.69, 9.17) is 9.47 Å². The Bertz CT molecular complexity index is 429. The van der Waals surface area contributed by atoms with Crippen molar-refractivity contribution in [2.75, 3.05) is 25.1 Å². The Morgan fingerprint density at radius 3 is 3.11 bits per heavy atom. The van der Waals surface area contributed by atoms with Gasteiger partial charge in [-0.25, -0.2) is 4.79 Å². The number of nitrogens with one attached hydrogen (secondary N) is 1. The number of ether oxygens (including phenoxy) is 2. The molecule has 1 aromatic rings. The summed E-state index contributed by atoms with van der Waals surface area (Å²) in [7, 11) is 0. The fourth-order valence-corrected chi connectivity index (χ4v) is 1.80. The van der Waals surface area contributed by atoms with Gasteiger partial charge < -0.3 is 14.8 Å². The van der Waals surface area contributed by atoms with Crippen molar-refractivity contribution in [3.05, 3.63) is 23.8 Å². The number of esters is 1. The highest BCUT2D eigenvalue weighted by molar-refractivity contribution is 5.95. The topological polar surface area (TPSA) is 47.6 Å². The third-order valence-corrected chi connectivity index (χ3v) is 2.83. The van der Waals surface area contributed by atoms with Gasteiger partial charge in [-0.15, -0.1) is 0 Å². The van der Waals surface area contributed by atoms with Crippen molar-refractivity contribution in [3.63, 3.8) is 0 Å². The lowest BCUT2D eigenvalue weighted by molar-refractivity contribution is 0.0483. The first-order valence-corrected chi connectivity index (χ1v) is 6.35. The Labute approximate surface area is 107 Å². The summed E-state index contributed by atoms with van der Waals surface area (Å²) < 4.78 is 10.8. The van der Waals surface area contributed by atoms with Gasteiger partial charge in [0.1, 0.15) is 12.2 Å². The number of hydrogen-bond acceptors (Lipinski definition) is 4. The van der Waals surface area contributed by atoms with Gasteiger partial charge in [0, 0.05) is 6.54 Å². The summed E-state index contributed by atoms with van der Waals surface area (Å²) in [6.07, 6.45) is 0.875. The Hall–Kier alpha value is -1.71. The maximum Gasteiger partial charge on any atom is 0.342 e. The molecule has 0 bridgehead atoms. The van der Waals surface area contributed by atoms with Gasteiger partial charge in [0.15, 0.2) is 5.75 Å². The number of anilines is 1. The summed E-state index contributed by atoms with van der Waals surface area (Å²) in [4.78, 5) is 12.0. The molecule has 18 heavy (non-hydrogen) atoms. The number of fused-ring (bicyclic) bond motifs is 1. The fraction of sp³-hybridized carbons (Fsp3) is 0.500. The van der Waals surface area contributed by atoms with Crippen molar-refractivity contribution in [2.24, 2.45) is 5.92 Å². The average Bonchev–Trinajstić information content (AvgIpc) is 2.37. The minimum absolute atomic E-state index is 0.309. The van der Waals surface area contributed by atoms with E-state index in [-0.39, 0.29) is 5.97 Å². The minimum Gasteiger partial charge on any atom is -0.489 e. The summed E-state index contributed by atoms with van der Waals surface area (Å²) in [5.41, 5.74) is 1.36. The van der Waals surface area contributed by atoms with Crippen LogP contribution in [-0.4, -0.2) is 25.7 Å². The van der Waals surface area contributed by atoms with Crippen LogP contribution in [0.5, 0.6) is 5.75 Å². The second-order valence-corrected chi connectivity index (χ2v) is 4.78. The van der Waals surface area contributed by atoms with Gasteiger partial charge in [-0.1, -0.05) is 19.9 Å². The first-order chi connectivity index (χ1) is 8.68. The van der Waals surface area contributed by atoms with Crippen LogP contribution in [0.4, 0.5) is 5.69 Å². The number of rotatable bonds is 4. The smallest absolute Gasteiger partial charge is 0.342 e. The zero-order valence-electron chi connectivity index (χ0n) is 10.9. The number of para-hydroxylation sites is 1. The molecular formula is C14H19NO3. The highest BCUT2D eigenvalue weighted by Crippen LogP contribution is 2.31. The third kappa shape index (κ3) is 2.94. The number of carbonyl (C=O) groups is 1. The lowest BCUT2D eigenvalue weighted by Crippen LogP contribution is -2.20. The Balaban J connectivity index is 2.06. The molecule has 1 heterocycles. The maximum absolute atomic E-state index is 12.0. The van der Waals surface area contributed by atoms with Crippen LogP contribution in [0.3, 0.4) is 0 Å². The Kier molecular flexibility index (Phi) is 4.07. The molecule has 1 aromatic carbocycles. The summed E-state index contributed by atoms with van der Waals surface area (Å²) >= 11 is 0. The lowest BCUT2D eigenvalue weighted by Gasteiger charge is -2.21. The van der Waals surface area contributed by atoms with E-state index >= 15 is 0 Å². The quantitative estimate of drug-likeness (QED) is 0.833. The van der Waals surface area contributed by atoms with Gasteiger partial charge in [-0.2, -0.15) is 0 Å². The molecule has 0 radical (unpaired) electrons. The number of carbonyl (C=O) groups excluding carboxylic acids is 1. The molecule has 2 rings (SSSR count). The first kappa shape index (κ1) is 12.7.